The van der Waals surface area contributed by atoms with Crippen LogP contribution in [0.15, 0.2) is 48.5 Å². The summed E-state index contributed by atoms with van der Waals surface area (Å²) in [6.07, 6.45) is 0.463. The maximum atomic E-state index is 13.2. The predicted octanol–water partition coefficient (Wildman–Crippen LogP) is 3.68. The van der Waals surface area contributed by atoms with Gasteiger partial charge in [0.2, 0.25) is 0 Å². The molecule has 1 aromatic heterocycles. The van der Waals surface area contributed by atoms with Gasteiger partial charge in [-0.15, -0.1) is 0 Å². The van der Waals surface area contributed by atoms with Crippen molar-refractivity contribution in [3.05, 3.63) is 65.2 Å². The summed E-state index contributed by atoms with van der Waals surface area (Å²) < 4.78 is 5.20. The molecule has 2 amide bonds. The number of hydrogen-bond acceptors (Lipinski definition) is 6. The number of nitrogens with zero attached hydrogens (tertiary/aromatic N) is 3. The lowest BCUT2D eigenvalue weighted by atomic mass is 9.94. The molecule has 1 aliphatic rings. The van der Waals surface area contributed by atoms with Gasteiger partial charge < -0.3 is 25.4 Å². The molecule has 0 saturated carbocycles. The second-order valence-corrected chi connectivity index (χ2v) is 9.51. The van der Waals surface area contributed by atoms with E-state index in [4.69, 9.17) is 15.5 Å². The van der Waals surface area contributed by atoms with E-state index in [9.17, 15) is 14.7 Å². The molecule has 4 rings (SSSR count). The number of amides is 2. The van der Waals surface area contributed by atoms with E-state index in [-0.39, 0.29) is 18.5 Å². The molecule has 8 nitrogen and oxygen atoms in total. The second kappa shape index (κ2) is 10.6. The first-order valence-corrected chi connectivity index (χ1v) is 12.4. The van der Waals surface area contributed by atoms with Crippen LogP contribution < -0.4 is 5.73 Å². The summed E-state index contributed by atoms with van der Waals surface area (Å²) in [5.74, 6) is -0.0725. The molecular weight excluding hydrogens is 456 g/mol. The van der Waals surface area contributed by atoms with Gasteiger partial charge in [0.25, 0.3) is 5.91 Å². The summed E-state index contributed by atoms with van der Waals surface area (Å²) in [7, 11) is 0. The normalized spacial score (nSPS) is 15.6. The molecule has 0 bridgehead atoms. The maximum absolute atomic E-state index is 13.2. The molecule has 3 aromatic rings. The summed E-state index contributed by atoms with van der Waals surface area (Å²) in [5, 5.41) is 11.4. The van der Waals surface area contributed by atoms with Crippen molar-refractivity contribution in [2.45, 2.75) is 32.8 Å². The first kappa shape index (κ1) is 25.6. The Morgan fingerprint density at radius 3 is 2.36 bits per heavy atom. The fourth-order valence-electron chi connectivity index (χ4n) is 4.36. The Labute approximate surface area is 211 Å². The van der Waals surface area contributed by atoms with E-state index >= 15 is 0 Å². The molecule has 0 spiro atoms. The minimum atomic E-state index is -1.08. The van der Waals surface area contributed by atoms with Crippen LogP contribution in [-0.4, -0.2) is 71.2 Å². The number of ether oxygens (including phenoxy) is 1. The number of aromatic nitrogens is 1. The fraction of sp³-hybridized carbons (Fsp3) is 0.393. The van der Waals surface area contributed by atoms with Crippen LogP contribution in [0.1, 0.15) is 41.8 Å². The van der Waals surface area contributed by atoms with Gasteiger partial charge in [0.15, 0.2) is 0 Å². The van der Waals surface area contributed by atoms with Gasteiger partial charge >= 0.3 is 6.09 Å². The van der Waals surface area contributed by atoms with Crippen molar-refractivity contribution >= 4 is 22.9 Å². The third-order valence-electron chi connectivity index (χ3n) is 6.72. The molecule has 8 heteroatoms. The van der Waals surface area contributed by atoms with E-state index < -0.39 is 5.60 Å². The SMILES string of the molecule is CCCOC(=O)N1CCN(C(=O)c2ccc3c(C)cc(-c4ccc(C(C)(O)CN)cc4)nc3c2)CC1. The number of benzene rings is 2. The zero-order valence-corrected chi connectivity index (χ0v) is 21.2. The number of aryl methyl sites for hydroxylation is 1. The molecule has 1 atom stereocenters. The number of piperazine rings is 1. The quantitative estimate of drug-likeness (QED) is 0.546. The highest BCUT2D eigenvalue weighted by Crippen LogP contribution is 2.28. The molecule has 2 aromatic carbocycles. The number of carbonyl (C=O) groups excluding carboxylic acids is 2. The Hall–Kier alpha value is -3.49. The molecule has 3 N–H and O–H groups in total. The van der Waals surface area contributed by atoms with Gasteiger partial charge in [-0.3, -0.25) is 4.79 Å². The highest BCUT2D eigenvalue weighted by molar-refractivity contribution is 5.98. The summed E-state index contributed by atoms with van der Waals surface area (Å²) in [6.45, 7) is 8.05. The number of fused-ring (bicyclic) bond motifs is 1. The van der Waals surface area contributed by atoms with Gasteiger partial charge in [0.1, 0.15) is 0 Å². The summed E-state index contributed by atoms with van der Waals surface area (Å²) in [6, 6.07) is 15.2. The van der Waals surface area contributed by atoms with Crippen LogP contribution in [0.4, 0.5) is 4.79 Å². The van der Waals surface area contributed by atoms with E-state index in [0.29, 0.717) is 38.3 Å². The summed E-state index contributed by atoms with van der Waals surface area (Å²) >= 11 is 0. The average molecular weight is 491 g/mol. The molecule has 190 valence electrons. The van der Waals surface area contributed by atoms with Crippen molar-refractivity contribution in [1.82, 2.24) is 14.8 Å². The van der Waals surface area contributed by atoms with Crippen LogP contribution in [0.2, 0.25) is 0 Å². The molecule has 1 fully saturated rings. The topological polar surface area (TPSA) is 109 Å². The Balaban J connectivity index is 1.53. The van der Waals surface area contributed by atoms with E-state index in [1.165, 1.54) is 0 Å². The lowest BCUT2D eigenvalue weighted by Crippen LogP contribution is -2.50. The number of hydrogen-bond donors (Lipinski definition) is 2. The molecule has 0 radical (unpaired) electrons. The Morgan fingerprint density at radius 1 is 1.06 bits per heavy atom. The first-order chi connectivity index (χ1) is 17.2. The minimum Gasteiger partial charge on any atom is -0.449 e. The van der Waals surface area contributed by atoms with Crippen molar-refractivity contribution in [2.75, 3.05) is 39.3 Å². The van der Waals surface area contributed by atoms with E-state index in [1.807, 2.05) is 62.4 Å². The molecule has 2 heterocycles. The van der Waals surface area contributed by atoms with Gasteiger partial charge in [0, 0.05) is 49.2 Å². The van der Waals surface area contributed by atoms with Crippen LogP contribution in [0.3, 0.4) is 0 Å². The number of pyridine rings is 1. The molecular formula is C28H34N4O4. The van der Waals surface area contributed by atoms with Gasteiger partial charge in [-0.1, -0.05) is 37.3 Å². The van der Waals surface area contributed by atoms with Crippen LogP contribution >= 0.6 is 0 Å². The number of rotatable bonds is 6. The van der Waals surface area contributed by atoms with Crippen molar-refractivity contribution in [1.29, 1.82) is 0 Å². The smallest absolute Gasteiger partial charge is 0.409 e. The largest absolute Gasteiger partial charge is 0.449 e. The number of carbonyl (C=O) groups is 2. The van der Waals surface area contributed by atoms with Crippen molar-refractivity contribution < 1.29 is 19.4 Å². The number of aliphatic hydroxyl groups is 1. The summed E-state index contributed by atoms with van der Waals surface area (Å²) in [4.78, 5) is 33.6. The predicted molar refractivity (Wildman–Crippen MR) is 140 cm³/mol. The van der Waals surface area contributed by atoms with Gasteiger partial charge in [0.05, 0.1) is 23.4 Å². The maximum Gasteiger partial charge on any atom is 0.409 e. The second-order valence-electron chi connectivity index (χ2n) is 9.51. The fourth-order valence-corrected chi connectivity index (χ4v) is 4.36. The van der Waals surface area contributed by atoms with E-state index in [2.05, 4.69) is 0 Å². The third kappa shape index (κ3) is 5.34. The molecule has 1 unspecified atom stereocenters. The third-order valence-corrected chi connectivity index (χ3v) is 6.72. The lowest BCUT2D eigenvalue weighted by molar-refractivity contribution is 0.0560. The van der Waals surface area contributed by atoms with Gasteiger partial charge in [-0.05, 0) is 49.6 Å². The molecule has 1 saturated heterocycles. The van der Waals surface area contributed by atoms with Crippen LogP contribution in [0.25, 0.3) is 22.2 Å². The number of nitrogens with two attached hydrogens (primary N) is 1. The van der Waals surface area contributed by atoms with E-state index in [1.54, 1.807) is 16.7 Å². The highest BCUT2D eigenvalue weighted by Gasteiger charge is 2.26. The monoisotopic (exact) mass is 490 g/mol. The van der Waals surface area contributed by atoms with Crippen LogP contribution in [0.5, 0.6) is 0 Å². The summed E-state index contributed by atoms with van der Waals surface area (Å²) in [5.41, 5.74) is 9.44. The molecule has 36 heavy (non-hydrogen) atoms. The van der Waals surface area contributed by atoms with Crippen molar-refractivity contribution in [3.8, 4) is 11.3 Å². The Kier molecular flexibility index (Phi) is 7.56. The van der Waals surface area contributed by atoms with Crippen molar-refractivity contribution in [3.63, 3.8) is 0 Å². The molecule has 1 aliphatic heterocycles. The Bertz CT molecular complexity index is 1250. The lowest BCUT2D eigenvalue weighted by Gasteiger charge is -2.34. The van der Waals surface area contributed by atoms with Crippen molar-refractivity contribution in [2.24, 2.45) is 5.73 Å². The van der Waals surface area contributed by atoms with Gasteiger partial charge in [-0.2, -0.15) is 0 Å². The first-order valence-electron chi connectivity index (χ1n) is 12.4. The average Bonchev–Trinajstić information content (AvgIpc) is 2.91. The molecule has 0 aliphatic carbocycles. The zero-order valence-electron chi connectivity index (χ0n) is 21.2. The Morgan fingerprint density at radius 2 is 1.72 bits per heavy atom. The van der Waals surface area contributed by atoms with Crippen LogP contribution in [0, 0.1) is 6.92 Å². The highest BCUT2D eigenvalue weighted by atomic mass is 16.6. The van der Waals surface area contributed by atoms with E-state index in [0.717, 1.165) is 39.7 Å². The van der Waals surface area contributed by atoms with Crippen LogP contribution in [-0.2, 0) is 10.3 Å². The minimum absolute atomic E-state index is 0.0725. The van der Waals surface area contributed by atoms with Gasteiger partial charge in [-0.25, -0.2) is 9.78 Å². The standard InChI is InChI=1S/C28H34N4O4/c1-4-15-36-27(34)32-13-11-31(12-14-32)26(33)21-7-10-23-19(2)16-24(30-25(23)17-21)20-5-8-22(9-6-20)28(3,35)18-29/h5-10,16-17,35H,4,11-15,18,29H2,1-3H3. The zero-order chi connectivity index (χ0) is 25.9.